The molecule has 0 aromatic heterocycles. The van der Waals surface area contributed by atoms with Gasteiger partial charge in [-0.05, 0) is 45.4 Å². The number of aromatic hydroxyl groups is 1. The molecule has 1 rings (SSSR count). The van der Waals surface area contributed by atoms with Crippen LogP contribution in [0.4, 0.5) is 18.0 Å². The van der Waals surface area contributed by atoms with Crippen molar-refractivity contribution in [1.82, 2.24) is 5.32 Å². The first kappa shape index (κ1) is 21.6. The van der Waals surface area contributed by atoms with Gasteiger partial charge in [0.05, 0.1) is 6.61 Å². The average Bonchev–Trinajstić information content (AvgIpc) is 2.45. The van der Waals surface area contributed by atoms with Gasteiger partial charge in [-0.25, -0.2) is 9.59 Å². The minimum absolute atomic E-state index is 0.0595. The Balaban J connectivity index is 3.33. The molecule has 0 saturated carbocycles. The Morgan fingerprint density at radius 3 is 2.08 bits per heavy atom. The molecule has 2 N–H and O–H groups in total. The highest BCUT2D eigenvalue weighted by molar-refractivity contribution is 5.87. The summed E-state index contributed by atoms with van der Waals surface area (Å²) >= 11 is 0. The molecule has 9 heteroatoms. The molecule has 6 nitrogen and oxygen atoms in total. The van der Waals surface area contributed by atoms with Crippen LogP contribution < -0.4 is 5.32 Å². The number of alkyl halides is 3. The summed E-state index contributed by atoms with van der Waals surface area (Å²) in [7, 11) is 0. The van der Waals surface area contributed by atoms with Crippen LogP contribution in [0.3, 0.4) is 0 Å². The number of rotatable bonds is 5. The van der Waals surface area contributed by atoms with E-state index in [0.717, 1.165) is 0 Å². The fourth-order valence-corrected chi connectivity index (χ4v) is 2.11. The predicted octanol–water partition coefficient (Wildman–Crippen LogP) is 3.32. The third-order valence-electron chi connectivity index (χ3n) is 3.23. The Morgan fingerprint density at radius 2 is 1.65 bits per heavy atom. The van der Waals surface area contributed by atoms with E-state index in [0.29, 0.717) is 0 Å². The molecule has 1 aromatic carbocycles. The van der Waals surface area contributed by atoms with Crippen molar-refractivity contribution in [1.29, 1.82) is 0 Å². The first-order valence-electron chi connectivity index (χ1n) is 7.84. The molecule has 0 aliphatic heterocycles. The summed E-state index contributed by atoms with van der Waals surface area (Å²) in [6.45, 7) is 5.49. The molecule has 146 valence electrons. The van der Waals surface area contributed by atoms with Crippen molar-refractivity contribution in [3.8, 4) is 5.75 Å². The van der Waals surface area contributed by atoms with Gasteiger partial charge in [0.1, 0.15) is 11.4 Å². The number of alkyl carbamates (subject to hydrolysis) is 1. The number of carbonyl (C=O) groups is 2. The van der Waals surface area contributed by atoms with Gasteiger partial charge < -0.3 is 14.6 Å². The fourth-order valence-electron chi connectivity index (χ4n) is 2.11. The van der Waals surface area contributed by atoms with Crippen LogP contribution >= 0.6 is 0 Å². The van der Waals surface area contributed by atoms with Gasteiger partial charge in [0.15, 0.2) is 0 Å². The zero-order valence-corrected chi connectivity index (χ0v) is 14.9. The van der Waals surface area contributed by atoms with Crippen molar-refractivity contribution >= 4 is 12.1 Å². The molecular weight excluding hydrogens is 355 g/mol. The second kappa shape index (κ2) is 7.84. The highest BCUT2D eigenvalue weighted by atomic mass is 19.4. The van der Waals surface area contributed by atoms with Crippen molar-refractivity contribution in [2.75, 3.05) is 6.61 Å². The topological polar surface area (TPSA) is 84.9 Å². The SMILES string of the molecule is CCOC(=O)C(Cc1ccc(O)cc1)(NC(=O)OC(C)(C)C)C(F)(F)F. The monoisotopic (exact) mass is 377 g/mol. The lowest BCUT2D eigenvalue weighted by Crippen LogP contribution is -2.66. The summed E-state index contributed by atoms with van der Waals surface area (Å²) < 4.78 is 51.1. The van der Waals surface area contributed by atoms with E-state index in [1.54, 1.807) is 5.32 Å². The van der Waals surface area contributed by atoms with Gasteiger partial charge in [-0.2, -0.15) is 13.2 Å². The van der Waals surface area contributed by atoms with Gasteiger partial charge in [-0.3, -0.25) is 5.32 Å². The van der Waals surface area contributed by atoms with E-state index in [1.165, 1.54) is 52.0 Å². The van der Waals surface area contributed by atoms with Crippen molar-refractivity contribution in [3.05, 3.63) is 29.8 Å². The molecule has 0 saturated heterocycles. The molecule has 1 atom stereocenters. The van der Waals surface area contributed by atoms with E-state index in [2.05, 4.69) is 4.74 Å². The number of amides is 1. The summed E-state index contributed by atoms with van der Waals surface area (Å²) in [6.07, 6.45) is -7.48. The Bertz CT molecular complexity index is 637. The molecule has 0 aliphatic carbocycles. The lowest BCUT2D eigenvalue weighted by atomic mass is 9.89. The summed E-state index contributed by atoms with van der Waals surface area (Å²) in [4.78, 5) is 24.2. The van der Waals surface area contributed by atoms with Crippen LogP contribution in [0.25, 0.3) is 0 Å². The molecule has 26 heavy (non-hydrogen) atoms. The van der Waals surface area contributed by atoms with Crippen molar-refractivity contribution in [2.45, 2.75) is 51.4 Å². The molecule has 1 amide bonds. The standard InChI is InChI=1S/C17H22F3NO5/c1-5-25-13(23)16(17(18,19)20,21-14(24)26-15(2,3)4)10-11-6-8-12(22)9-7-11/h6-9,22H,5,10H2,1-4H3,(H,21,24). The number of hydrogen-bond acceptors (Lipinski definition) is 5. The van der Waals surface area contributed by atoms with Crippen LogP contribution in [0.2, 0.25) is 0 Å². The largest absolute Gasteiger partial charge is 0.508 e. The number of esters is 1. The smallest absolute Gasteiger partial charge is 0.422 e. The van der Waals surface area contributed by atoms with Gasteiger partial charge in [-0.1, -0.05) is 12.1 Å². The Kier molecular flexibility index (Phi) is 6.51. The van der Waals surface area contributed by atoms with Crippen LogP contribution in [-0.2, 0) is 20.7 Å². The Hall–Kier alpha value is -2.45. The molecule has 0 radical (unpaired) electrons. The maximum absolute atomic E-state index is 13.9. The normalized spacial score (nSPS) is 14.3. The summed E-state index contributed by atoms with van der Waals surface area (Å²) in [5, 5.41) is 10.9. The third kappa shape index (κ3) is 5.53. The maximum Gasteiger partial charge on any atom is 0.422 e. The van der Waals surface area contributed by atoms with Crippen LogP contribution in [0, 0.1) is 0 Å². The summed E-state index contributed by atoms with van der Waals surface area (Å²) in [6, 6.07) is 4.78. The number of carbonyl (C=O) groups excluding carboxylic acids is 2. The van der Waals surface area contributed by atoms with Crippen LogP contribution in [0.1, 0.15) is 33.3 Å². The predicted molar refractivity (Wildman–Crippen MR) is 86.6 cm³/mol. The molecule has 0 fully saturated rings. The zero-order chi connectivity index (χ0) is 20.2. The van der Waals surface area contributed by atoms with Gasteiger partial charge in [0, 0.05) is 6.42 Å². The third-order valence-corrected chi connectivity index (χ3v) is 3.23. The van der Waals surface area contributed by atoms with Crippen LogP contribution in [0.5, 0.6) is 5.75 Å². The van der Waals surface area contributed by atoms with E-state index in [9.17, 15) is 27.9 Å². The summed E-state index contributed by atoms with van der Waals surface area (Å²) in [5.41, 5.74) is -4.33. The van der Waals surface area contributed by atoms with Gasteiger partial charge in [0.2, 0.25) is 5.54 Å². The number of phenolic OH excluding ortho intramolecular Hbond substituents is 1. The Morgan fingerprint density at radius 1 is 1.12 bits per heavy atom. The van der Waals surface area contributed by atoms with E-state index < -0.39 is 35.8 Å². The average molecular weight is 377 g/mol. The first-order chi connectivity index (χ1) is 11.8. The quantitative estimate of drug-likeness (QED) is 0.769. The van der Waals surface area contributed by atoms with Gasteiger partial charge in [-0.15, -0.1) is 0 Å². The summed E-state index contributed by atoms with van der Waals surface area (Å²) in [5.74, 6) is -1.80. The van der Waals surface area contributed by atoms with E-state index in [-0.39, 0.29) is 17.9 Å². The lowest BCUT2D eigenvalue weighted by Gasteiger charge is -2.34. The number of hydrogen-bond donors (Lipinski definition) is 2. The number of benzene rings is 1. The molecular formula is C17H22F3NO5. The van der Waals surface area contributed by atoms with Crippen molar-refractivity contribution < 1.29 is 37.3 Å². The van der Waals surface area contributed by atoms with Crippen LogP contribution in [0.15, 0.2) is 24.3 Å². The van der Waals surface area contributed by atoms with Crippen LogP contribution in [-0.4, -0.2) is 41.1 Å². The maximum atomic E-state index is 13.9. The van der Waals surface area contributed by atoms with E-state index >= 15 is 0 Å². The zero-order valence-electron chi connectivity index (χ0n) is 14.9. The highest BCUT2D eigenvalue weighted by Gasteiger charge is 2.63. The molecule has 1 aromatic rings. The second-order valence-electron chi connectivity index (χ2n) is 6.59. The minimum atomic E-state index is -5.16. The number of halogens is 3. The highest BCUT2D eigenvalue weighted by Crippen LogP contribution is 2.35. The van der Waals surface area contributed by atoms with Gasteiger partial charge >= 0.3 is 18.2 Å². The lowest BCUT2D eigenvalue weighted by molar-refractivity contribution is -0.212. The fraction of sp³-hybridized carbons (Fsp3) is 0.529. The van der Waals surface area contributed by atoms with Crippen molar-refractivity contribution in [2.24, 2.45) is 0 Å². The molecule has 0 aliphatic rings. The molecule has 0 bridgehead atoms. The van der Waals surface area contributed by atoms with E-state index in [1.807, 2.05) is 0 Å². The molecule has 1 unspecified atom stereocenters. The minimum Gasteiger partial charge on any atom is -0.508 e. The number of phenols is 1. The second-order valence-corrected chi connectivity index (χ2v) is 6.59. The number of ether oxygens (including phenoxy) is 2. The van der Waals surface area contributed by atoms with E-state index in [4.69, 9.17) is 4.74 Å². The van der Waals surface area contributed by atoms with Gasteiger partial charge in [0.25, 0.3) is 0 Å². The van der Waals surface area contributed by atoms with Crippen molar-refractivity contribution in [3.63, 3.8) is 0 Å². The Labute approximate surface area is 149 Å². The molecule has 0 heterocycles. The first-order valence-corrected chi connectivity index (χ1v) is 7.84. The molecule has 0 spiro atoms. The number of nitrogens with one attached hydrogen (secondary N) is 1.